The number of benzene rings is 3. The molecule has 0 aliphatic carbocycles. The number of aryl methyl sites for hydroxylation is 1. The zero-order chi connectivity index (χ0) is 27.9. The van der Waals surface area contributed by atoms with Crippen LogP contribution in [-0.2, 0) is 17.6 Å². The first-order valence-corrected chi connectivity index (χ1v) is 13.3. The van der Waals surface area contributed by atoms with Gasteiger partial charge in [-0.1, -0.05) is 67.9 Å². The minimum atomic E-state index is -0.592. The lowest BCUT2D eigenvalue weighted by molar-refractivity contribution is -0.131. The van der Waals surface area contributed by atoms with Crippen molar-refractivity contribution in [3.05, 3.63) is 111 Å². The Morgan fingerprint density at radius 3 is 2.18 bits per heavy atom. The number of carbonyl (C=O) groups excluding carboxylic acids is 2. The van der Waals surface area contributed by atoms with E-state index in [0.717, 1.165) is 16.5 Å². The van der Waals surface area contributed by atoms with Crippen molar-refractivity contribution in [3.63, 3.8) is 0 Å². The molecule has 3 aromatic carbocycles. The smallest absolute Gasteiger partial charge is 0.272 e. The van der Waals surface area contributed by atoms with Crippen molar-refractivity contribution in [2.45, 2.75) is 33.6 Å². The van der Waals surface area contributed by atoms with E-state index in [9.17, 15) is 18.8 Å². The van der Waals surface area contributed by atoms with Crippen LogP contribution in [0.5, 0.6) is 0 Å². The highest BCUT2D eigenvalue weighted by atomic mass is 19.1. The molecule has 1 aromatic heterocycles. The van der Waals surface area contributed by atoms with Crippen LogP contribution in [0.15, 0.2) is 71.5 Å². The SMILES string of the molecule is CC.Cc1ccc(CC(=O)N2CCN(C(=O)c3cc(Cc4n[nH]c(=O)c5ccccc45)ccc3F)CC2)cc1. The number of H-pyrrole nitrogens is 1. The molecule has 1 fully saturated rings. The fourth-order valence-corrected chi connectivity index (χ4v) is 4.67. The van der Waals surface area contributed by atoms with Crippen LogP contribution in [0.1, 0.15) is 46.6 Å². The molecule has 1 N–H and O–H groups in total. The van der Waals surface area contributed by atoms with Crippen LogP contribution in [0.2, 0.25) is 0 Å². The number of halogens is 1. The first kappa shape index (κ1) is 27.7. The van der Waals surface area contributed by atoms with Crippen molar-refractivity contribution >= 4 is 22.6 Å². The lowest BCUT2D eigenvalue weighted by atomic mass is 10.0. The van der Waals surface area contributed by atoms with Gasteiger partial charge in [0.25, 0.3) is 11.5 Å². The van der Waals surface area contributed by atoms with Crippen molar-refractivity contribution < 1.29 is 14.0 Å². The zero-order valence-corrected chi connectivity index (χ0v) is 22.5. The number of hydrogen-bond acceptors (Lipinski definition) is 4. The third kappa shape index (κ3) is 6.39. The molecular formula is C31H33FN4O3. The van der Waals surface area contributed by atoms with E-state index >= 15 is 0 Å². The van der Waals surface area contributed by atoms with E-state index in [1.165, 1.54) is 6.07 Å². The van der Waals surface area contributed by atoms with E-state index in [0.29, 0.717) is 55.7 Å². The largest absolute Gasteiger partial charge is 0.339 e. The maximum Gasteiger partial charge on any atom is 0.272 e. The molecule has 0 spiro atoms. The second kappa shape index (κ2) is 12.5. The average Bonchev–Trinajstić information content (AvgIpc) is 2.97. The monoisotopic (exact) mass is 528 g/mol. The number of nitrogens with zero attached hydrogens (tertiary/aromatic N) is 3. The molecule has 4 aromatic rings. The fourth-order valence-electron chi connectivity index (χ4n) is 4.67. The molecule has 0 unspecified atom stereocenters. The molecule has 2 amide bonds. The van der Waals surface area contributed by atoms with Crippen LogP contribution in [0.4, 0.5) is 4.39 Å². The highest BCUT2D eigenvalue weighted by Gasteiger charge is 2.26. The summed E-state index contributed by atoms with van der Waals surface area (Å²) in [5.74, 6) is -0.972. The molecule has 1 saturated heterocycles. The van der Waals surface area contributed by atoms with E-state index in [1.807, 2.05) is 57.2 Å². The van der Waals surface area contributed by atoms with Gasteiger partial charge in [0.15, 0.2) is 0 Å². The lowest BCUT2D eigenvalue weighted by Crippen LogP contribution is -2.51. The van der Waals surface area contributed by atoms with E-state index < -0.39 is 11.7 Å². The minimum absolute atomic E-state index is 0.00865. The number of aromatic amines is 1. The summed E-state index contributed by atoms with van der Waals surface area (Å²) >= 11 is 0. The van der Waals surface area contributed by atoms with Gasteiger partial charge in [-0.3, -0.25) is 14.4 Å². The van der Waals surface area contributed by atoms with Crippen molar-refractivity contribution in [3.8, 4) is 0 Å². The van der Waals surface area contributed by atoms with Gasteiger partial charge in [-0.25, -0.2) is 9.49 Å². The Hall–Kier alpha value is -4.33. The summed E-state index contributed by atoms with van der Waals surface area (Å²) in [7, 11) is 0. The number of hydrogen-bond donors (Lipinski definition) is 1. The molecule has 0 atom stereocenters. The maximum absolute atomic E-state index is 14.7. The summed E-state index contributed by atoms with van der Waals surface area (Å²) in [5.41, 5.74) is 3.17. The molecule has 39 heavy (non-hydrogen) atoms. The van der Waals surface area contributed by atoms with E-state index in [2.05, 4.69) is 10.2 Å². The number of fused-ring (bicyclic) bond motifs is 1. The molecular weight excluding hydrogens is 495 g/mol. The molecule has 1 aliphatic heterocycles. The summed E-state index contributed by atoms with van der Waals surface area (Å²) in [5, 5.41) is 7.94. The number of piperazine rings is 1. The zero-order valence-electron chi connectivity index (χ0n) is 22.5. The van der Waals surface area contributed by atoms with Crippen molar-refractivity contribution in [2.75, 3.05) is 26.2 Å². The summed E-state index contributed by atoms with van der Waals surface area (Å²) < 4.78 is 14.7. The molecule has 8 heteroatoms. The highest BCUT2D eigenvalue weighted by Crippen LogP contribution is 2.20. The summed E-state index contributed by atoms with van der Waals surface area (Å²) in [6.45, 7) is 7.50. The predicted molar refractivity (Wildman–Crippen MR) is 150 cm³/mol. The molecule has 7 nitrogen and oxygen atoms in total. The number of aromatic nitrogens is 2. The van der Waals surface area contributed by atoms with Gasteiger partial charge < -0.3 is 9.80 Å². The van der Waals surface area contributed by atoms with Gasteiger partial charge in [-0.2, -0.15) is 5.10 Å². The summed E-state index contributed by atoms with van der Waals surface area (Å²) in [6.07, 6.45) is 0.650. The van der Waals surface area contributed by atoms with Gasteiger partial charge in [0.2, 0.25) is 5.91 Å². The average molecular weight is 529 g/mol. The summed E-state index contributed by atoms with van der Waals surface area (Å²) in [4.78, 5) is 41.3. The molecule has 0 saturated carbocycles. The second-order valence-electron chi connectivity index (χ2n) is 9.37. The second-order valence-corrected chi connectivity index (χ2v) is 9.37. The number of amides is 2. The van der Waals surface area contributed by atoms with Crippen LogP contribution in [0, 0.1) is 12.7 Å². The van der Waals surface area contributed by atoms with E-state index in [-0.39, 0.29) is 17.0 Å². The van der Waals surface area contributed by atoms with Crippen LogP contribution in [0.25, 0.3) is 10.8 Å². The first-order chi connectivity index (χ1) is 18.9. The van der Waals surface area contributed by atoms with Gasteiger partial charge in [-0.15, -0.1) is 0 Å². The number of rotatable bonds is 5. The van der Waals surface area contributed by atoms with Crippen LogP contribution >= 0.6 is 0 Å². The standard InChI is InChI=1S/C29H27FN4O3.C2H6/c1-19-6-8-20(9-7-19)18-27(35)33-12-14-34(15-13-33)29(37)24-16-21(10-11-25(24)30)17-26-22-4-2-3-5-23(22)28(36)32-31-26;1-2/h2-11,16H,12-15,17-18H2,1H3,(H,32,36);1-2H3. The summed E-state index contributed by atoms with van der Waals surface area (Å²) in [6, 6.07) is 19.5. The first-order valence-electron chi connectivity index (χ1n) is 13.3. The normalized spacial score (nSPS) is 13.1. The third-order valence-corrected chi connectivity index (χ3v) is 6.80. The quantitative estimate of drug-likeness (QED) is 0.413. The van der Waals surface area contributed by atoms with Crippen molar-refractivity contribution in [1.29, 1.82) is 0 Å². The Balaban J connectivity index is 0.00000172. The molecule has 0 bridgehead atoms. The molecule has 202 valence electrons. The van der Waals surface area contributed by atoms with Gasteiger partial charge in [-0.05, 0) is 36.2 Å². The Morgan fingerprint density at radius 2 is 1.49 bits per heavy atom. The number of nitrogens with one attached hydrogen (secondary N) is 1. The Labute approximate surface area is 227 Å². The Morgan fingerprint density at radius 1 is 0.872 bits per heavy atom. The molecule has 5 rings (SSSR count). The van der Waals surface area contributed by atoms with Gasteiger partial charge in [0.05, 0.1) is 23.1 Å². The topological polar surface area (TPSA) is 86.4 Å². The minimum Gasteiger partial charge on any atom is -0.339 e. The lowest BCUT2D eigenvalue weighted by Gasteiger charge is -2.35. The van der Waals surface area contributed by atoms with E-state index in [1.54, 1.807) is 34.1 Å². The predicted octanol–water partition coefficient (Wildman–Crippen LogP) is 4.51. The van der Waals surface area contributed by atoms with Crippen LogP contribution in [-0.4, -0.2) is 58.0 Å². The molecule has 2 heterocycles. The van der Waals surface area contributed by atoms with E-state index in [4.69, 9.17) is 0 Å². The van der Waals surface area contributed by atoms with Gasteiger partial charge >= 0.3 is 0 Å². The van der Waals surface area contributed by atoms with Gasteiger partial charge in [0, 0.05) is 38.0 Å². The molecule has 0 radical (unpaired) electrons. The fraction of sp³-hybridized carbons (Fsp3) is 0.290. The van der Waals surface area contributed by atoms with Crippen LogP contribution < -0.4 is 5.56 Å². The van der Waals surface area contributed by atoms with Crippen molar-refractivity contribution in [2.24, 2.45) is 0 Å². The molecule has 1 aliphatic rings. The van der Waals surface area contributed by atoms with Gasteiger partial charge in [0.1, 0.15) is 5.82 Å². The van der Waals surface area contributed by atoms with Crippen molar-refractivity contribution in [1.82, 2.24) is 20.0 Å². The highest BCUT2D eigenvalue weighted by molar-refractivity contribution is 5.95. The maximum atomic E-state index is 14.7. The third-order valence-electron chi connectivity index (χ3n) is 6.80. The Bertz CT molecular complexity index is 1520. The number of carbonyl (C=O) groups is 2. The van der Waals surface area contributed by atoms with Crippen LogP contribution in [0.3, 0.4) is 0 Å². The Kier molecular flexibility index (Phi) is 8.86.